The highest BCUT2D eigenvalue weighted by molar-refractivity contribution is 8.00. The van der Waals surface area contributed by atoms with Crippen molar-refractivity contribution in [3.8, 4) is 11.1 Å². The van der Waals surface area contributed by atoms with Crippen molar-refractivity contribution in [3.05, 3.63) is 59.7 Å². The van der Waals surface area contributed by atoms with Crippen LogP contribution in [0.2, 0.25) is 0 Å². The van der Waals surface area contributed by atoms with E-state index in [0.29, 0.717) is 12.2 Å². The van der Waals surface area contributed by atoms with Gasteiger partial charge in [-0.3, -0.25) is 4.79 Å². The number of carbonyl (C=O) groups is 3. The number of hydrogen-bond donors (Lipinski definition) is 2. The van der Waals surface area contributed by atoms with Gasteiger partial charge in [0.15, 0.2) is 0 Å². The minimum absolute atomic E-state index is 0.0614. The summed E-state index contributed by atoms with van der Waals surface area (Å²) in [4.78, 5) is 39.3. The summed E-state index contributed by atoms with van der Waals surface area (Å²) in [6, 6.07) is 14.8. The third kappa shape index (κ3) is 4.38. The highest BCUT2D eigenvalue weighted by atomic mass is 32.2. The normalized spacial score (nSPS) is 25.2. The van der Waals surface area contributed by atoms with Gasteiger partial charge < -0.3 is 24.8 Å². The van der Waals surface area contributed by atoms with Crippen molar-refractivity contribution in [2.24, 2.45) is 5.92 Å². The summed E-state index contributed by atoms with van der Waals surface area (Å²) in [6.07, 6.45) is 0.0379. The van der Waals surface area contributed by atoms with Crippen LogP contribution in [0.1, 0.15) is 30.4 Å². The molecule has 2 aromatic carbocycles. The predicted molar refractivity (Wildman–Crippen MR) is 131 cm³/mol. The highest BCUT2D eigenvalue weighted by Gasteiger charge is 2.46. The van der Waals surface area contributed by atoms with Gasteiger partial charge in [-0.2, -0.15) is 0 Å². The van der Waals surface area contributed by atoms with Gasteiger partial charge in [-0.15, -0.1) is 11.8 Å². The molecular weight excluding hydrogens is 468 g/mol. The molecule has 2 aliphatic heterocycles. The van der Waals surface area contributed by atoms with Gasteiger partial charge in [-0.1, -0.05) is 55.5 Å². The van der Waals surface area contributed by atoms with Crippen LogP contribution in [0.3, 0.4) is 0 Å². The van der Waals surface area contributed by atoms with Crippen LogP contribution in [0, 0.1) is 5.92 Å². The summed E-state index contributed by atoms with van der Waals surface area (Å²) in [5.74, 6) is -1.66. The molecule has 0 aromatic heterocycles. The van der Waals surface area contributed by atoms with Crippen LogP contribution >= 0.6 is 11.8 Å². The molecular formula is C26H28N2O6S. The Morgan fingerprint density at radius 3 is 2.37 bits per heavy atom. The van der Waals surface area contributed by atoms with Gasteiger partial charge in [0.05, 0.1) is 30.5 Å². The van der Waals surface area contributed by atoms with Crippen molar-refractivity contribution in [1.82, 2.24) is 10.2 Å². The summed E-state index contributed by atoms with van der Waals surface area (Å²) in [6.45, 7) is 2.42. The lowest BCUT2D eigenvalue weighted by atomic mass is 9.98. The average Bonchev–Trinajstić information content (AvgIpc) is 3.58. The SMILES string of the molecule is CCC1SCC(C(=O)O)N1C(=O)C1COCC1NC(=O)OCC1c2ccccc2-c2ccccc21. The molecule has 2 amide bonds. The summed E-state index contributed by atoms with van der Waals surface area (Å²) < 4.78 is 11.1. The van der Waals surface area contributed by atoms with E-state index in [0.717, 1.165) is 22.3 Å². The molecule has 4 atom stereocenters. The van der Waals surface area contributed by atoms with E-state index in [1.54, 1.807) is 0 Å². The number of carboxylic acids is 1. The van der Waals surface area contributed by atoms with Gasteiger partial charge in [-0.05, 0) is 28.7 Å². The second-order valence-electron chi connectivity index (χ2n) is 9.02. The molecule has 3 aliphatic rings. The summed E-state index contributed by atoms with van der Waals surface area (Å²) >= 11 is 1.47. The molecule has 9 heteroatoms. The molecule has 2 saturated heterocycles. The standard InChI is InChI=1S/C26H28N2O6S/c1-2-23-28(22(14-35-23)25(30)31)24(29)20-11-33-13-21(20)27-26(32)34-12-19-17-9-5-3-7-15(17)16-8-4-6-10-18(16)19/h3-10,19-23H,2,11-14H2,1H3,(H,27,32)(H,30,31). The number of benzene rings is 2. The summed E-state index contributed by atoms with van der Waals surface area (Å²) in [5, 5.41) is 12.2. The average molecular weight is 497 g/mol. The van der Waals surface area contributed by atoms with E-state index >= 15 is 0 Å². The van der Waals surface area contributed by atoms with Gasteiger partial charge in [0.1, 0.15) is 12.6 Å². The van der Waals surface area contributed by atoms with Crippen molar-refractivity contribution in [2.75, 3.05) is 25.6 Å². The van der Waals surface area contributed by atoms with Crippen LogP contribution in [0.4, 0.5) is 4.79 Å². The van der Waals surface area contributed by atoms with Gasteiger partial charge in [0.2, 0.25) is 5.91 Å². The van der Waals surface area contributed by atoms with Crippen LogP contribution in [0.25, 0.3) is 11.1 Å². The molecule has 35 heavy (non-hydrogen) atoms. The van der Waals surface area contributed by atoms with E-state index < -0.39 is 30.1 Å². The molecule has 0 radical (unpaired) electrons. The fourth-order valence-corrected chi connectivity index (χ4v) is 6.64. The maximum Gasteiger partial charge on any atom is 0.407 e. The number of ether oxygens (including phenoxy) is 2. The number of nitrogens with one attached hydrogen (secondary N) is 1. The lowest BCUT2D eigenvalue weighted by Gasteiger charge is -2.30. The number of fused-ring (bicyclic) bond motifs is 3. The van der Waals surface area contributed by atoms with Crippen LogP contribution in [-0.2, 0) is 19.1 Å². The van der Waals surface area contributed by atoms with Gasteiger partial charge in [0, 0.05) is 11.7 Å². The zero-order chi connectivity index (χ0) is 24.5. The number of thioether (sulfide) groups is 1. The van der Waals surface area contributed by atoms with Crippen molar-refractivity contribution in [3.63, 3.8) is 0 Å². The highest BCUT2D eigenvalue weighted by Crippen LogP contribution is 2.44. The van der Waals surface area contributed by atoms with Gasteiger partial charge in [-0.25, -0.2) is 9.59 Å². The Bertz CT molecular complexity index is 1090. The van der Waals surface area contributed by atoms with Gasteiger partial charge in [0.25, 0.3) is 0 Å². The Balaban J connectivity index is 1.24. The number of aliphatic carboxylic acids is 1. The zero-order valence-corrected chi connectivity index (χ0v) is 20.2. The maximum atomic E-state index is 13.3. The Morgan fingerprint density at radius 2 is 1.74 bits per heavy atom. The monoisotopic (exact) mass is 496 g/mol. The summed E-state index contributed by atoms with van der Waals surface area (Å²) in [7, 11) is 0. The molecule has 2 aromatic rings. The second-order valence-corrected chi connectivity index (χ2v) is 10.2. The minimum atomic E-state index is -1.01. The number of nitrogens with zero attached hydrogens (tertiary/aromatic N) is 1. The largest absolute Gasteiger partial charge is 0.480 e. The first kappa shape index (κ1) is 23.7. The summed E-state index contributed by atoms with van der Waals surface area (Å²) in [5.41, 5.74) is 4.54. The predicted octanol–water partition coefficient (Wildman–Crippen LogP) is 3.30. The first-order valence-corrected chi connectivity index (χ1v) is 12.9. The fraction of sp³-hybridized carbons (Fsp3) is 0.423. The van der Waals surface area contributed by atoms with Crippen molar-refractivity contribution < 1.29 is 29.0 Å². The zero-order valence-electron chi connectivity index (χ0n) is 19.4. The number of amides is 2. The van der Waals surface area contributed by atoms with Crippen molar-refractivity contribution in [1.29, 1.82) is 0 Å². The maximum absolute atomic E-state index is 13.3. The molecule has 0 bridgehead atoms. The van der Waals surface area contributed by atoms with E-state index in [-0.39, 0.29) is 37.0 Å². The van der Waals surface area contributed by atoms with E-state index in [4.69, 9.17) is 9.47 Å². The van der Waals surface area contributed by atoms with Crippen molar-refractivity contribution >= 4 is 29.7 Å². The van der Waals surface area contributed by atoms with E-state index in [1.165, 1.54) is 16.7 Å². The topological polar surface area (TPSA) is 105 Å². The number of rotatable bonds is 6. The molecule has 5 rings (SSSR count). The van der Waals surface area contributed by atoms with Crippen molar-refractivity contribution in [2.45, 2.75) is 36.7 Å². The van der Waals surface area contributed by atoms with Crippen LogP contribution in [0.5, 0.6) is 0 Å². The first-order valence-electron chi connectivity index (χ1n) is 11.9. The number of carboxylic acid groups (broad SMARTS) is 1. The Hall–Kier alpha value is -3.04. The van der Waals surface area contributed by atoms with Gasteiger partial charge >= 0.3 is 12.1 Å². The molecule has 8 nitrogen and oxygen atoms in total. The fourth-order valence-electron chi connectivity index (χ4n) is 5.29. The third-order valence-electron chi connectivity index (χ3n) is 7.03. The molecule has 4 unspecified atom stereocenters. The Morgan fingerprint density at radius 1 is 1.09 bits per heavy atom. The Kier molecular flexibility index (Phi) is 6.71. The van der Waals surface area contributed by atoms with E-state index in [9.17, 15) is 19.5 Å². The number of carbonyl (C=O) groups excluding carboxylic acids is 2. The first-order chi connectivity index (χ1) is 17.0. The molecule has 2 N–H and O–H groups in total. The number of hydrogen-bond acceptors (Lipinski definition) is 6. The van der Waals surface area contributed by atoms with Crippen LogP contribution in [-0.4, -0.2) is 71.0 Å². The second kappa shape index (κ2) is 9.91. The quantitative estimate of drug-likeness (QED) is 0.632. The lowest BCUT2D eigenvalue weighted by Crippen LogP contribution is -2.52. The molecule has 0 saturated carbocycles. The smallest absolute Gasteiger partial charge is 0.407 e. The molecule has 2 heterocycles. The number of alkyl carbamates (subject to hydrolysis) is 1. The van der Waals surface area contributed by atoms with E-state index in [1.807, 2.05) is 31.2 Å². The lowest BCUT2D eigenvalue weighted by molar-refractivity contribution is -0.151. The molecule has 1 aliphatic carbocycles. The molecule has 184 valence electrons. The third-order valence-corrected chi connectivity index (χ3v) is 8.48. The minimum Gasteiger partial charge on any atom is -0.480 e. The van der Waals surface area contributed by atoms with E-state index in [2.05, 4.69) is 29.6 Å². The van der Waals surface area contributed by atoms with Crippen LogP contribution < -0.4 is 5.32 Å². The van der Waals surface area contributed by atoms with Crippen LogP contribution in [0.15, 0.2) is 48.5 Å². The molecule has 0 spiro atoms. The molecule has 2 fully saturated rings. The Labute approximate surface area is 208 Å².